The predicted molar refractivity (Wildman–Crippen MR) is 63.1 cm³/mol. The fourth-order valence-electron chi connectivity index (χ4n) is 1.06. The van der Waals surface area contributed by atoms with E-state index < -0.39 is 10.0 Å². The summed E-state index contributed by atoms with van der Waals surface area (Å²) in [5.41, 5.74) is 6.11. The molecule has 0 aliphatic rings. The van der Waals surface area contributed by atoms with Crippen molar-refractivity contribution < 1.29 is 8.42 Å². The van der Waals surface area contributed by atoms with Crippen molar-refractivity contribution in [3.63, 3.8) is 0 Å². The van der Waals surface area contributed by atoms with E-state index in [0.29, 0.717) is 0 Å². The highest BCUT2D eigenvalue weighted by Crippen LogP contribution is 2.19. The van der Waals surface area contributed by atoms with E-state index in [2.05, 4.69) is 20.7 Å². The smallest absolute Gasteiger partial charge is 0.240 e. The summed E-state index contributed by atoms with van der Waals surface area (Å²) in [6.45, 7) is 2.37. The molecular formula is C9H13BrN2O2S. The first kappa shape index (κ1) is 12.6. The maximum Gasteiger partial charge on any atom is 0.240 e. The molecule has 0 heterocycles. The third-order valence-corrected chi connectivity index (χ3v) is 4.22. The SMILES string of the molecule is Cc1cc(S(=O)(=O)NCCN)ccc1Br. The summed E-state index contributed by atoms with van der Waals surface area (Å²) in [7, 11) is -3.41. The second kappa shape index (κ2) is 5.07. The van der Waals surface area contributed by atoms with Crippen LogP contribution in [0.1, 0.15) is 5.56 Å². The number of hydrogen-bond donors (Lipinski definition) is 2. The van der Waals surface area contributed by atoms with Gasteiger partial charge in [-0.25, -0.2) is 13.1 Å². The van der Waals surface area contributed by atoms with Gasteiger partial charge in [-0.3, -0.25) is 0 Å². The highest BCUT2D eigenvalue weighted by molar-refractivity contribution is 9.10. The van der Waals surface area contributed by atoms with E-state index in [1.807, 2.05) is 6.92 Å². The van der Waals surface area contributed by atoms with Crippen LogP contribution in [0.4, 0.5) is 0 Å². The van der Waals surface area contributed by atoms with Gasteiger partial charge in [0.15, 0.2) is 0 Å². The molecule has 0 radical (unpaired) electrons. The third kappa shape index (κ3) is 3.27. The summed E-state index contributed by atoms with van der Waals surface area (Å²) in [6, 6.07) is 4.88. The average molecular weight is 293 g/mol. The molecule has 0 atom stereocenters. The number of benzene rings is 1. The van der Waals surface area contributed by atoms with E-state index in [0.717, 1.165) is 10.0 Å². The van der Waals surface area contributed by atoms with Crippen LogP contribution < -0.4 is 10.5 Å². The number of nitrogens with one attached hydrogen (secondary N) is 1. The largest absolute Gasteiger partial charge is 0.329 e. The fourth-order valence-corrected chi connectivity index (χ4v) is 2.44. The van der Waals surface area contributed by atoms with Gasteiger partial charge in [0.2, 0.25) is 10.0 Å². The fraction of sp³-hybridized carbons (Fsp3) is 0.333. The molecule has 4 nitrogen and oxygen atoms in total. The van der Waals surface area contributed by atoms with Crippen LogP contribution in [0.2, 0.25) is 0 Å². The Morgan fingerprint density at radius 2 is 2.13 bits per heavy atom. The van der Waals surface area contributed by atoms with E-state index in [9.17, 15) is 8.42 Å². The minimum atomic E-state index is -3.41. The number of sulfonamides is 1. The van der Waals surface area contributed by atoms with Gasteiger partial charge in [-0.2, -0.15) is 0 Å². The van der Waals surface area contributed by atoms with Crippen molar-refractivity contribution in [3.8, 4) is 0 Å². The molecule has 1 rings (SSSR count). The molecule has 0 unspecified atom stereocenters. The lowest BCUT2D eigenvalue weighted by Gasteiger charge is -2.06. The van der Waals surface area contributed by atoms with E-state index in [1.54, 1.807) is 18.2 Å². The maximum absolute atomic E-state index is 11.7. The summed E-state index contributed by atoms with van der Waals surface area (Å²) in [5.74, 6) is 0. The van der Waals surface area contributed by atoms with Crippen molar-refractivity contribution in [2.75, 3.05) is 13.1 Å². The standard InChI is InChI=1S/C9H13BrN2O2S/c1-7-6-8(2-3-9(7)10)15(13,14)12-5-4-11/h2-3,6,12H,4-5,11H2,1H3. The Morgan fingerprint density at radius 3 is 2.67 bits per heavy atom. The highest BCUT2D eigenvalue weighted by Gasteiger charge is 2.13. The van der Waals surface area contributed by atoms with Crippen molar-refractivity contribution >= 4 is 26.0 Å². The molecule has 1 aromatic rings. The minimum absolute atomic E-state index is 0.247. The van der Waals surface area contributed by atoms with Crippen LogP contribution in [0.15, 0.2) is 27.6 Å². The second-order valence-electron chi connectivity index (χ2n) is 3.10. The molecule has 6 heteroatoms. The number of halogens is 1. The monoisotopic (exact) mass is 292 g/mol. The predicted octanol–water partition coefficient (Wildman–Crippen LogP) is 0.995. The zero-order valence-electron chi connectivity index (χ0n) is 8.33. The van der Waals surface area contributed by atoms with Crippen LogP contribution in [-0.2, 0) is 10.0 Å². The Kier molecular flexibility index (Phi) is 4.27. The van der Waals surface area contributed by atoms with Crippen molar-refractivity contribution in [2.45, 2.75) is 11.8 Å². The molecule has 0 aliphatic carbocycles. The van der Waals surface area contributed by atoms with Crippen molar-refractivity contribution in [3.05, 3.63) is 28.2 Å². The Hall–Kier alpha value is -0.430. The topological polar surface area (TPSA) is 72.2 Å². The Bertz CT molecular complexity index is 445. The molecule has 0 aromatic heterocycles. The van der Waals surface area contributed by atoms with Gasteiger partial charge in [-0.15, -0.1) is 0 Å². The molecule has 84 valence electrons. The van der Waals surface area contributed by atoms with E-state index in [1.165, 1.54) is 0 Å². The molecule has 15 heavy (non-hydrogen) atoms. The third-order valence-electron chi connectivity index (χ3n) is 1.88. The van der Waals surface area contributed by atoms with Crippen LogP contribution in [0.5, 0.6) is 0 Å². The second-order valence-corrected chi connectivity index (χ2v) is 5.72. The molecule has 0 saturated heterocycles. The first-order valence-electron chi connectivity index (χ1n) is 4.43. The molecule has 0 amide bonds. The van der Waals surface area contributed by atoms with E-state index in [-0.39, 0.29) is 18.0 Å². The van der Waals surface area contributed by atoms with E-state index in [4.69, 9.17) is 5.73 Å². The molecule has 0 fully saturated rings. The van der Waals surface area contributed by atoms with Gasteiger partial charge in [0.05, 0.1) is 4.90 Å². The van der Waals surface area contributed by atoms with Crippen LogP contribution in [0.25, 0.3) is 0 Å². The van der Waals surface area contributed by atoms with Crippen LogP contribution in [0, 0.1) is 6.92 Å². The molecule has 1 aromatic carbocycles. The Balaban J connectivity index is 3.00. The Labute approximate surface area is 98.0 Å². The van der Waals surface area contributed by atoms with Crippen LogP contribution in [-0.4, -0.2) is 21.5 Å². The summed E-state index contributed by atoms with van der Waals surface area (Å²) < 4.78 is 26.6. The quantitative estimate of drug-likeness (QED) is 0.869. The first-order valence-corrected chi connectivity index (χ1v) is 6.71. The summed E-state index contributed by atoms with van der Waals surface area (Å²) >= 11 is 3.31. The van der Waals surface area contributed by atoms with Crippen molar-refractivity contribution in [2.24, 2.45) is 5.73 Å². The molecule has 0 saturated carbocycles. The van der Waals surface area contributed by atoms with Crippen LogP contribution >= 0.6 is 15.9 Å². The van der Waals surface area contributed by atoms with Crippen molar-refractivity contribution in [1.82, 2.24) is 4.72 Å². The molecular weight excluding hydrogens is 280 g/mol. The average Bonchev–Trinajstić information content (AvgIpc) is 2.19. The van der Waals surface area contributed by atoms with Gasteiger partial charge in [0, 0.05) is 17.6 Å². The Morgan fingerprint density at radius 1 is 1.47 bits per heavy atom. The first-order chi connectivity index (χ1) is 6.97. The molecule has 0 spiro atoms. The number of hydrogen-bond acceptors (Lipinski definition) is 3. The summed E-state index contributed by atoms with van der Waals surface area (Å²) in [4.78, 5) is 0.261. The normalized spacial score (nSPS) is 11.7. The van der Waals surface area contributed by atoms with Gasteiger partial charge >= 0.3 is 0 Å². The molecule has 0 aliphatic heterocycles. The van der Waals surface area contributed by atoms with Gasteiger partial charge in [-0.05, 0) is 30.7 Å². The minimum Gasteiger partial charge on any atom is -0.329 e. The van der Waals surface area contributed by atoms with Gasteiger partial charge in [0.25, 0.3) is 0 Å². The lowest BCUT2D eigenvalue weighted by atomic mass is 10.2. The van der Waals surface area contributed by atoms with Gasteiger partial charge < -0.3 is 5.73 Å². The number of aryl methyl sites for hydroxylation is 1. The van der Waals surface area contributed by atoms with Crippen LogP contribution in [0.3, 0.4) is 0 Å². The van der Waals surface area contributed by atoms with Gasteiger partial charge in [0.1, 0.15) is 0 Å². The van der Waals surface area contributed by atoms with E-state index >= 15 is 0 Å². The summed E-state index contributed by atoms with van der Waals surface area (Å²) in [5, 5.41) is 0. The highest BCUT2D eigenvalue weighted by atomic mass is 79.9. The number of rotatable bonds is 4. The zero-order valence-corrected chi connectivity index (χ0v) is 10.7. The maximum atomic E-state index is 11.7. The number of nitrogens with two attached hydrogens (primary N) is 1. The van der Waals surface area contributed by atoms with Gasteiger partial charge in [-0.1, -0.05) is 15.9 Å². The van der Waals surface area contributed by atoms with Crippen molar-refractivity contribution in [1.29, 1.82) is 0 Å². The lowest BCUT2D eigenvalue weighted by Crippen LogP contribution is -2.29. The molecule has 0 bridgehead atoms. The molecule has 3 N–H and O–H groups in total. The summed E-state index contributed by atoms with van der Waals surface area (Å²) in [6.07, 6.45) is 0. The zero-order chi connectivity index (χ0) is 11.5. The lowest BCUT2D eigenvalue weighted by molar-refractivity contribution is 0.582.